The first-order valence-corrected chi connectivity index (χ1v) is 6.94. The van der Waals surface area contributed by atoms with Crippen LogP contribution in [-0.2, 0) is 0 Å². The molecule has 0 saturated heterocycles. The van der Waals surface area contributed by atoms with Gasteiger partial charge in [0, 0.05) is 14.9 Å². The molecule has 0 bridgehead atoms. The summed E-state index contributed by atoms with van der Waals surface area (Å²) in [6.45, 7) is 1.91. The van der Waals surface area contributed by atoms with Gasteiger partial charge in [-0.1, -0.05) is 33.6 Å². The maximum absolute atomic E-state index is 13.8. The first kappa shape index (κ1) is 13.0. The average molecular weight is 335 g/mol. The van der Waals surface area contributed by atoms with Gasteiger partial charge in [0.05, 0.1) is 10.4 Å². The average Bonchev–Trinajstić information content (AvgIpc) is 2.59. The van der Waals surface area contributed by atoms with Crippen molar-refractivity contribution in [2.75, 3.05) is 0 Å². The highest BCUT2D eigenvalue weighted by Gasteiger charge is 2.19. The van der Waals surface area contributed by atoms with Crippen molar-refractivity contribution in [3.05, 3.63) is 54.9 Å². The molecule has 2 aromatic rings. The van der Waals surface area contributed by atoms with Gasteiger partial charge in [-0.3, -0.25) is 0 Å². The van der Waals surface area contributed by atoms with Crippen molar-refractivity contribution >= 4 is 38.9 Å². The molecule has 0 aliphatic heterocycles. The Kier molecular flexibility index (Phi) is 3.88. The van der Waals surface area contributed by atoms with Gasteiger partial charge in [0.15, 0.2) is 0 Å². The maximum Gasteiger partial charge on any atom is 0.129 e. The van der Waals surface area contributed by atoms with Gasteiger partial charge in [0.1, 0.15) is 5.82 Å². The van der Waals surface area contributed by atoms with Crippen LogP contribution in [0.1, 0.15) is 22.0 Å². The fourth-order valence-electron chi connectivity index (χ4n) is 1.59. The van der Waals surface area contributed by atoms with Crippen LogP contribution < -0.4 is 5.73 Å². The zero-order valence-electron chi connectivity index (χ0n) is 9.01. The van der Waals surface area contributed by atoms with Crippen molar-refractivity contribution in [2.24, 2.45) is 5.73 Å². The monoisotopic (exact) mass is 333 g/mol. The standard InChI is InChI=1S/C12H10BrClFNS/c1-6-5-9(17-12(6)14)11(16)10-7(13)3-2-4-8(10)15/h2-5,11H,16H2,1H3. The largest absolute Gasteiger partial charge is 0.319 e. The minimum absolute atomic E-state index is 0.311. The van der Waals surface area contributed by atoms with E-state index in [1.165, 1.54) is 17.4 Å². The predicted molar refractivity (Wildman–Crippen MR) is 74.2 cm³/mol. The van der Waals surface area contributed by atoms with E-state index < -0.39 is 6.04 Å². The molecule has 0 aliphatic rings. The molecule has 1 atom stereocenters. The third-order valence-corrected chi connectivity index (χ3v) is 4.82. The van der Waals surface area contributed by atoms with E-state index in [1.54, 1.807) is 12.1 Å². The van der Waals surface area contributed by atoms with Gasteiger partial charge in [-0.15, -0.1) is 11.3 Å². The minimum Gasteiger partial charge on any atom is -0.319 e. The van der Waals surface area contributed by atoms with Crippen LogP contribution in [0.15, 0.2) is 28.7 Å². The van der Waals surface area contributed by atoms with Crippen LogP contribution in [0.4, 0.5) is 4.39 Å². The van der Waals surface area contributed by atoms with Crippen molar-refractivity contribution < 1.29 is 4.39 Å². The molecule has 5 heteroatoms. The molecule has 0 amide bonds. The first-order valence-electron chi connectivity index (χ1n) is 4.96. The summed E-state index contributed by atoms with van der Waals surface area (Å²) in [5.74, 6) is -0.311. The summed E-state index contributed by atoms with van der Waals surface area (Å²) in [6, 6.07) is 6.23. The Morgan fingerprint density at radius 2 is 2.18 bits per heavy atom. The van der Waals surface area contributed by atoms with Gasteiger partial charge in [-0.2, -0.15) is 0 Å². The molecule has 1 nitrogen and oxygen atoms in total. The summed E-state index contributed by atoms with van der Waals surface area (Å²) < 4.78 is 15.1. The Morgan fingerprint density at radius 1 is 1.47 bits per heavy atom. The Bertz CT molecular complexity index is 516. The number of hydrogen-bond acceptors (Lipinski definition) is 2. The van der Waals surface area contributed by atoms with Crippen LogP contribution >= 0.6 is 38.9 Å². The number of rotatable bonds is 2. The smallest absolute Gasteiger partial charge is 0.129 e. The third kappa shape index (κ3) is 2.55. The second-order valence-corrected chi connectivity index (χ2v) is 6.26. The topological polar surface area (TPSA) is 26.0 Å². The van der Waals surface area contributed by atoms with Gasteiger partial charge in [-0.05, 0) is 30.7 Å². The molecule has 0 radical (unpaired) electrons. The lowest BCUT2D eigenvalue weighted by atomic mass is 10.1. The molecule has 1 aromatic heterocycles. The maximum atomic E-state index is 13.8. The van der Waals surface area contributed by atoms with E-state index in [-0.39, 0.29) is 5.82 Å². The second-order valence-electron chi connectivity index (χ2n) is 3.72. The van der Waals surface area contributed by atoms with Gasteiger partial charge >= 0.3 is 0 Å². The van der Waals surface area contributed by atoms with Crippen LogP contribution in [0.25, 0.3) is 0 Å². The van der Waals surface area contributed by atoms with Crippen LogP contribution in [0, 0.1) is 12.7 Å². The Hall–Kier alpha value is -0.420. The van der Waals surface area contributed by atoms with Gasteiger partial charge < -0.3 is 5.73 Å². The molecule has 1 heterocycles. The first-order chi connectivity index (χ1) is 8.00. The number of halogens is 3. The van der Waals surface area contributed by atoms with Crippen LogP contribution in [-0.4, -0.2) is 0 Å². The van der Waals surface area contributed by atoms with Gasteiger partial charge in [0.2, 0.25) is 0 Å². The lowest BCUT2D eigenvalue weighted by Crippen LogP contribution is -2.12. The SMILES string of the molecule is Cc1cc(C(N)c2c(F)cccc2Br)sc1Cl. The Balaban J connectivity index is 2.47. The van der Waals surface area contributed by atoms with Crippen molar-refractivity contribution in [1.29, 1.82) is 0 Å². The summed E-state index contributed by atoms with van der Waals surface area (Å²) in [7, 11) is 0. The van der Waals surface area contributed by atoms with Crippen molar-refractivity contribution in [3.63, 3.8) is 0 Å². The molecule has 0 fully saturated rings. The molecule has 90 valence electrons. The lowest BCUT2D eigenvalue weighted by Gasteiger charge is -2.13. The Morgan fingerprint density at radius 3 is 2.71 bits per heavy atom. The van der Waals surface area contributed by atoms with E-state index in [9.17, 15) is 4.39 Å². The lowest BCUT2D eigenvalue weighted by molar-refractivity contribution is 0.599. The molecule has 0 spiro atoms. The van der Waals surface area contributed by atoms with E-state index in [4.69, 9.17) is 17.3 Å². The number of thiophene rings is 1. The molecule has 1 unspecified atom stereocenters. The molecule has 2 N–H and O–H groups in total. The fraction of sp³-hybridized carbons (Fsp3) is 0.167. The highest BCUT2D eigenvalue weighted by molar-refractivity contribution is 9.10. The third-order valence-electron chi connectivity index (χ3n) is 2.49. The molecule has 1 aromatic carbocycles. The molecule has 2 rings (SSSR count). The number of benzene rings is 1. The second kappa shape index (κ2) is 5.06. The van der Waals surface area contributed by atoms with E-state index in [1.807, 2.05) is 13.0 Å². The quantitative estimate of drug-likeness (QED) is 0.849. The van der Waals surface area contributed by atoms with E-state index in [0.29, 0.717) is 14.4 Å². The van der Waals surface area contributed by atoms with Crippen molar-refractivity contribution in [2.45, 2.75) is 13.0 Å². The molecule has 17 heavy (non-hydrogen) atoms. The molecular weight excluding hydrogens is 325 g/mol. The zero-order chi connectivity index (χ0) is 12.6. The van der Waals surface area contributed by atoms with Crippen LogP contribution in [0.3, 0.4) is 0 Å². The Labute approximate surface area is 117 Å². The van der Waals surface area contributed by atoms with E-state index >= 15 is 0 Å². The normalized spacial score (nSPS) is 12.8. The highest BCUT2D eigenvalue weighted by atomic mass is 79.9. The van der Waals surface area contributed by atoms with Gasteiger partial charge in [0.25, 0.3) is 0 Å². The van der Waals surface area contributed by atoms with Crippen LogP contribution in [0.2, 0.25) is 4.34 Å². The summed E-state index contributed by atoms with van der Waals surface area (Å²) in [4.78, 5) is 0.860. The van der Waals surface area contributed by atoms with E-state index in [0.717, 1.165) is 10.4 Å². The predicted octanol–water partition coefficient (Wildman–Crippen LogP) is 4.66. The fourth-order valence-corrected chi connectivity index (χ4v) is 3.40. The van der Waals surface area contributed by atoms with Crippen LogP contribution in [0.5, 0.6) is 0 Å². The molecule has 0 aliphatic carbocycles. The van der Waals surface area contributed by atoms with Crippen molar-refractivity contribution in [3.8, 4) is 0 Å². The van der Waals surface area contributed by atoms with Crippen molar-refractivity contribution in [1.82, 2.24) is 0 Å². The minimum atomic E-state index is -0.498. The summed E-state index contributed by atoms with van der Waals surface area (Å²) in [5.41, 5.74) is 7.51. The van der Waals surface area contributed by atoms with Gasteiger partial charge in [-0.25, -0.2) is 4.39 Å². The number of aryl methyl sites for hydroxylation is 1. The number of hydrogen-bond donors (Lipinski definition) is 1. The van der Waals surface area contributed by atoms with E-state index in [2.05, 4.69) is 15.9 Å². The number of nitrogens with two attached hydrogens (primary N) is 1. The highest BCUT2D eigenvalue weighted by Crippen LogP contribution is 2.36. The summed E-state index contributed by atoms with van der Waals surface area (Å²) in [5, 5.41) is 0. The summed E-state index contributed by atoms with van der Waals surface area (Å²) in [6.07, 6.45) is 0. The zero-order valence-corrected chi connectivity index (χ0v) is 12.2. The summed E-state index contributed by atoms with van der Waals surface area (Å²) >= 11 is 10.7. The molecule has 0 saturated carbocycles. The molecular formula is C12H10BrClFNS.